The summed E-state index contributed by atoms with van der Waals surface area (Å²) >= 11 is 0. The largest absolute Gasteiger partial charge is 0.352 e. The molecule has 1 aliphatic heterocycles. The fourth-order valence-corrected chi connectivity index (χ4v) is 2.79. The van der Waals surface area contributed by atoms with Gasteiger partial charge in [0.15, 0.2) is 0 Å². The van der Waals surface area contributed by atoms with Crippen LogP contribution in [0.5, 0.6) is 0 Å². The van der Waals surface area contributed by atoms with Crippen LogP contribution in [-0.2, 0) is 6.54 Å². The van der Waals surface area contributed by atoms with E-state index >= 15 is 0 Å². The van der Waals surface area contributed by atoms with E-state index in [-0.39, 0.29) is 6.03 Å². The van der Waals surface area contributed by atoms with Gasteiger partial charge in [0, 0.05) is 38.1 Å². The molecule has 0 aromatic carbocycles. The first kappa shape index (κ1) is 16.2. The lowest BCUT2D eigenvalue weighted by atomic mass is 10.3. The fourth-order valence-electron chi connectivity index (χ4n) is 2.79. The number of hydrogen-bond acceptors (Lipinski definition) is 5. The molecule has 0 radical (unpaired) electrons. The number of aromatic nitrogens is 4. The Labute approximate surface area is 141 Å². The van der Waals surface area contributed by atoms with Crippen LogP contribution in [0.2, 0.25) is 0 Å². The Kier molecular flexibility index (Phi) is 4.64. The SMILES string of the molecule is Cc1cnc(C)c(N2CCN(C(=O)NCc3cc(C)[nH]n3)CC2)n1. The monoisotopic (exact) mass is 329 g/mol. The van der Waals surface area contributed by atoms with Gasteiger partial charge in [0.2, 0.25) is 0 Å². The first-order chi connectivity index (χ1) is 11.5. The molecule has 24 heavy (non-hydrogen) atoms. The number of hydrogen-bond donors (Lipinski definition) is 2. The highest BCUT2D eigenvalue weighted by Crippen LogP contribution is 2.17. The Hall–Kier alpha value is -2.64. The highest BCUT2D eigenvalue weighted by atomic mass is 16.2. The molecular formula is C16H23N7O. The number of carbonyl (C=O) groups is 1. The molecule has 1 aliphatic rings. The number of nitrogens with one attached hydrogen (secondary N) is 2. The van der Waals surface area contributed by atoms with Crippen LogP contribution in [0.1, 0.15) is 22.8 Å². The van der Waals surface area contributed by atoms with E-state index in [4.69, 9.17) is 0 Å². The fraction of sp³-hybridized carbons (Fsp3) is 0.500. The summed E-state index contributed by atoms with van der Waals surface area (Å²) in [6.07, 6.45) is 1.78. The van der Waals surface area contributed by atoms with E-state index < -0.39 is 0 Å². The van der Waals surface area contributed by atoms with Gasteiger partial charge >= 0.3 is 6.03 Å². The summed E-state index contributed by atoms with van der Waals surface area (Å²) in [5, 5.41) is 9.91. The Balaban J connectivity index is 1.52. The van der Waals surface area contributed by atoms with Crippen molar-refractivity contribution >= 4 is 11.8 Å². The topological polar surface area (TPSA) is 90.0 Å². The number of amides is 2. The predicted molar refractivity (Wildman–Crippen MR) is 90.9 cm³/mol. The van der Waals surface area contributed by atoms with Crippen molar-refractivity contribution in [2.24, 2.45) is 0 Å². The molecule has 8 nitrogen and oxygen atoms in total. The average Bonchev–Trinajstić information content (AvgIpc) is 3.00. The molecule has 0 atom stereocenters. The molecule has 0 bridgehead atoms. The molecule has 2 aromatic heterocycles. The van der Waals surface area contributed by atoms with Crippen LogP contribution in [0.4, 0.5) is 10.6 Å². The van der Waals surface area contributed by atoms with E-state index in [1.165, 1.54) is 0 Å². The molecule has 0 aliphatic carbocycles. The molecule has 3 heterocycles. The normalized spacial score (nSPS) is 14.8. The third kappa shape index (κ3) is 3.64. The van der Waals surface area contributed by atoms with E-state index in [9.17, 15) is 4.79 Å². The quantitative estimate of drug-likeness (QED) is 0.882. The summed E-state index contributed by atoms with van der Waals surface area (Å²) in [5.41, 5.74) is 3.66. The van der Waals surface area contributed by atoms with E-state index in [1.54, 1.807) is 6.20 Å². The molecule has 128 valence electrons. The molecule has 0 unspecified atom stereocenters. The molecule has 2 amide bonds. The predicted octanol–water partition coefficient (Wildman–Crippen LogP) is 1.16. The molecular weight excluding hydrogens is 306 g/mol. The minimum absolute atomic E-state index is 0.0534. The van der Waals surface area contributed by atoms with Gasteiger partial charge in [-0.25, -0.2) is 9.78 Å². The zero-order valence-electron chi connectivity index (χ0n) is 14.3. The summed E-state index contributed by atoms with van der Waals surface area (Å²) in [6.45, 7) is 9.13. The first-order valence-corrected chi connectivity index (χ1v) is 8.12. The Morgan fingerprint density at radius 3 is 2.67 bits per heavy atom. The second-order valence-electron chi connectivity index (χ2n) is 6.10. The van der Waals surface area contributed by atoms with Crippen molar-refractivity contribution in [2.75, 3.05) is 31.1 Å². The van der Waals surface area contributed by atoms with Gasteiger partial charge < -0.3 is 15.1 Å². The van der Waals surface area contributed by atoms with E-state index in [1.807, 2.05) is 31.7 Å². The van der Waals surface area contributed by atoms with Crippen molar-refractivity contribution in [1.82, 2.24) is 30.4 Å². The summed E-state index contributed by atoms with van der Waals surface area (Å²) in [7, 11) is 0. The van der Waals surface area contributed by atoms with E-state index in [0.717, 1.165) is 41.7 Å². The van der Waals surface area contributed by atoms with Gasteiger partial charge in [0.05, 0.1) is 23.6 Å². The van der Waals surface area contributed by atoms with Crippen molar-refractivity contribution in [2.45, 2.75) is 27.3 Å². The smallest absolute Gasteiger partial charge is 0.317 e. The molecule has 1 fully saturated rings. The molecule has 3 rings (SSSR count). The number of piperazine rings is 1. The van der Waals surface area contributed by atoms with E-state index in [2.05, 4.69) is 30.4 Å². The van der Waals surface area contributed by atoms with Crippen molar-refractivity contribution in [3.8, 4) is 0 Å². The highest BCUT2D eigenvalue weighted by Gasteiger charge is 2.23. The van der Waals surface area contributed by atoms with Crippen molar-refractivity contribution < 1.29 is 4.79 Å². The number of carbonyl (C=O) groups excluding carboxylic acids is 1. The van der Waals surface area contributed by atoms with Crippen LogP contribution < -0.4 is 10.2 Å². The van der Waals surface area contributed by atoms with Crippen LogP contribution >= 0.6 is 0 Å². The van der Waals surface area contributed by atoms with Crippen LogP contribution in [0, 0.1) is 20.8 Å². The Morgan fingerprint density at radius 2 is 2.00 bits per heavy atom. The second-order valence-corrected chi connectivity index (χ2v) is 6.10. The van der Waals surface area contributed by atoms with Crippen LogP contribution in [0.3, 0.4) is 0 Å². The lowest BCUT2D eigenvalue weighted by Gasteiger charge is -2.35. The van der Waals surface area contributed by atoms with Gasteiger partial charge in [-0.1, -0.05) is 0 Å². The molecule has 2 aromatic rings. The third-order valence-electron chi connectivity index (χ3n) is 4.10. The van der Waals surface area contributed by atoms with Gasteiger partial charge in [-0.3, -0.25) is 10.1 Å². The van der Waals surface area contributed by atoms with Crippen molar-refractivity contribution in [3.63, 3.8) is 0 Å². The summed E-state index contributed by atoms with van der Waals surface area (Å²) in [6, 6.07) is 1.87. The molecule has 0 spiro atoms. The summed E-state index contributed by atoms with van der Waals surface area (Å²) < 4.78 is 0. The number of nitrogens with zero attached hydrogens (tertiary/aromatic N) is 5. The van der Waals surface area contributed by atoms with Gasteiger partial charge in [-0.15, -0.1) is 0 Å². The number of H-pyrrole nitrogens is 1. The minimum Gasteiger partial charge on any atom is -0.352 e. The Bertz CT molecular complexity index is 719. The lowest BCUT2D eigenvalue weighted by Crippen LogP contribution is -2.52. The Morgan fingerprint density at radius 1 is 1.25 bits per heavy atom. The maximum atomic E-state index is 12.3. The van der Waals surface area contributed by atoms with Gasteiger partial charge in [0.1, 0.15) is 5.82 Å². The second kappa shape index (κ2) is 6.86. The minimum atomic E-state index is -0.0534. The van der Waals surface area contributed by atoms with Crippen LogP contribution in [-0.4, -0.2) is 57.3 Å². The number of aromatic amines is 1. The first-order valence-electron chi connectivity index (χ1n) is 8.12. The number of urea groups is 1. The van der Waals surface area contributed by atoms with Gasteiger partial charge in [0.25, 0.3) is 0 Å². The van der Waals surface area contributed by atoms with Crippen molar-refractivity contribution in [1.29, 1.82) is 0 Å². The zero-order valence-corrected chi connectivity index (χ0v) is 14.3. The summed E-state index contributed by atoms with van der Waals surface area (Å²) in [4.78, 5) is 25.2. The zero-order chi connectivity index (χ0) is 17.1. The number of anilines is 1. The molecule has 1 saturated heterocycles. The van der Waals surface area contributed by atoms with Crippen LogP contribution in [0.15, 0.2) is 12.3 Å². The summed E-state index contributed by atoms with van der Waals surface area (Å²) in [5.74, 6) is 0.919. The maximum Gasteiger partial charge on any atom is 0.317 e. The number of aryl methyl sites for hydroxylation is 3. The third-order valence-corrected chi connectivity index (χ3v) is 4.10. The van der Waals surface area contributed by atoms with Gasteiger partial charge in [-0.05, 0) is 26.8 Å². The standard InChI is InChI=1S/C16H23N7O/c1-11-8-14(21-20-11)10-18-16(24)23-6-4-22(5-7-23)15-13(3)17-9-12(2)19-15/h8-9H,4-7,10H2,1-3H3,(H,18,24)(H,20,21). The highest BCUT2D eigenvalue weighted by molar-refractivity contribution is 5.74. The number of rotatable bonds is 3. The molecule has 2 N–H and O–H groups in total. The van der Waals surface area contributed by atoms with Crippen molar-refractivity contribution in [3.05, 3.63) is 35.0 Å². The van der Waals surface area contributed by atoms with E-state index in [0.29, 0.717) is 19.6 Å². The maximum absolute atomic E-state index is 12.3. The van der Waals surface area contributed by atoms with Crippen LogP contribution in [0.25, 0.3) is 0 Å². The van der Waals surface area contributed by atoms with Gasteiger partial charge in [-0.2, -0.15) is 5.10 Å². The average molecular weight is 329 g/mol. The molecule has 8 heteroatoms. The molecule has 0 saturated carbocycles. The lowest BCUT2D eigenvalue weighted by molar-refractivity contribution is 0.193.